The Morgan fingerprint density at radius 1 is 0.345 bits per heavy atom. The van der Waals surface area contributed by atoms with Crippen molar-refractivity contribution in [3.8, 4) is 33.4 Å². The first-order chi connectivity index (χ1) is 27.2. The summed E-state index contributed by atoms with van der Waals surface area (Å²) in [4.78, 5) is 2.41. The molecule has 0 amide bonds. The zero-order valence-electron chi connectivity index (χ0n) is 29.8. The summed E-state index contributed by atoms with van der Waals surface area (Å²) in [6.45, 7) is 0. The fourth-order valence-electron chi connectivity index (χ4n) is 8.14. The van der Waals surface area contributed by atoms with E-state index < -0.39 is 0 Å². The highest BCUT2D eigenvalue weighted by molar-refractivity contribution is 7.25. The Balaban J connectivity index is 1.13. The first-order valence-corrected chi connectivity index (χ1v) is 19.5. The van der Waals surface area contributed by atoms with Crippen molar-refractivity contribution in [1.82, 2.24) is 0 Å². The van der Waals surface area contributed by atoms with Gasteiger partial charge in [-0.2, -0.15) is 0 Å². The number of nitrogens with zero attached hydrogens (tertiary/aromatic N) is 1. The average Bonchev–Trinajstić information content (AvgIpc) is 3.82. The van der Waals surface area contributed by atoms with Crippen LogP contribution in [0.2, 0.25) is 0 Å². The van der Waals surface area contributed by atoms with Gasteiger partial charge in [0, 0.05) is 53.6 Å². The second kappa shape index (κ2) is 12.9. The largest absolute Gasteiger partial charge is 0.455 e. The van der Waals surface area contributed by atoms with Gasteiger partial charge < -0.3 is 9.32 Å². The molecule has 0 atom stereocenters. The van der Waals surface area contributed by atoms with Crippen molar-refractivity contribution < 1.29 is 4.42 Å². The van der Waals surface area contributed by atoms with Gasteiger partial charge >= 0.3 is 0 Å². The zero-order valence-corrected chi connectivity index (χ0v) is 30.6. The minimum absolute atomic E-state index is 0.897. The van der Waals surface area contributed by atoms with Gasteiger partial charge in [0.25, 0.3) is 0 Å². The van der Waals surface area contributed by atoms with Crippen molar-refractivity contribution in [3.63, 3.8) is 0 Å². The molecule has 3 heteroatoms. The van der Waals surface area contributed by atoms with Crippen LogP contribution in [0.3, 0.4) is 0 Å². The van der Waals surface area contributed by atoms with E-state index in [2.05, 4.69) is 199 Å². The molecule has 11 aromatic rings. The number of anilines is 3. The van der Waals surface area contributed by atoms with E-state index >= 15 is 0 Å². The summed E-state index contributed by atoms with van der Waals surface area (Å²) in [6.07, 6.45) is 0. The lowest BCUT2D eigenvalue weighted by molar-refractivity contribution is 0.670. The molecule has 0 N–H and O–H groups in total. The van der Waals surface area contributed by atoms with E-state index in [1.54, 1.807) is 0 Å². The molecule has 11 rings (SSSR count). The Morgan fingerprint density at radius 3 is 1.91 bits per heavy atom. The zero-order chi connectivity index (χ0) is 36.3. The second-order valence-corrected chi connectivity index (χ2v) is 15.2. The van der Waals surface area contributed by atoms with Crippen LogP contribution in [0.25, 0.3) is 86.3 Å². The maximum absolute atomic E-state index is 6.60. The van der Waals surface area contributed by atoms with Crippen LogP contribution < -0.4 is 4.90 Å². The summed E-state index contributed by atoms with van der Waals surface area (Å²) in [5.41, 5.74) is 11.9. The molecule has 9 aromatic carbocycles. The predicted octanol–water partition coefficient (Wildman–Crippen LogP) is 15.6. The first kappa shape index (κ1) is 31.6. The predicted molar refractivity (Wildman–Crippen MR) is 235 cm³/mol. The van der Waals surface area contributed by atoms with Crippen molar-refractivity contribution in [3.05, 3.63) is 200 Å². The molecule has 0 spiro atoms. The number of furan rings is 1. The second-order valence-electron chi connectivity index (χ2n) is 14.1. The van der Waals surface area contributed by atoms with Crippen molar-refractivity contribution in [2.24, 2.45) is 0 Å². The van der Waals surface area contributed by atoms with Crippen LogP contribution in [0, 0.1) is 0 Å². The van der Waals surface area contributed by atoms with Crippen LogP contribution in [0.1, 0.15) is 0 Å². The van der Waals surface area contributed by atoms with Crippen molar-refractivity contribution in [2.75, 3.05) is 4.90 Å². The van der Waals surface area contributed by atoms with Crippen molar-refractivity contribution in [2.45, 2.75) is 0 Å². The topological polar surface area (TPSA) is 16.4 Å². The molecular formula is C52H33NOS. The van der Waals surface area contributed by atoms with Gasteiger partial charge in [0.15, 0.2) is 0 Å². The molecule has 0 fully saturated rings. The molecule has 2 aromatic heterocycles. The lowest BCUT2D eigenvalue weighted by Gasteiger charge is -2.27. The molecule has 0 bridgehead atoms. The minimum Gasteiger partial charge on any atom is -0.455 e. The average molecular weight is 720 g/mol. The summed E-state index contributed by atoms with van der Waals surface area (Å²) in [5.74, 6) is 0. The van der Waals surface area contributed by atoms with Crippen LogP contribution in [-0.4, -0.2) is 0 Å². The van der Waals surface area contributed by atoms with Gasteiger partial charge in [-0.1, -0.05) is 133 Å². The number of hydrogen-bond acceptors (Lipinski definition) is 3. The van der Waals surface area contributed by atoms with Gasteiger partial charge in [0.05, 0.1) is 0 Å². The van der Waals surface area contributed by atoms with E-state index in [-0.39, 0.29) is 0 Å². The van der Waals surface area contributed by atoms with Gasteiger partial charge in [-0.05, 0) is 105 Å². The maximum Gasteiger partial charge on any atom is 0.143 e. The lowest BCUT2D eigenvalue weighted by Crippen LogP contribution is -2.10. The first-order valence-electron chi connectivity index (χ1n) is 18.7. The number of thiophene rings is 1. The number of para-hydroxylation sites is 2. The molecule has 0 saturated heterocycles. The third-order valence-electron chi connectivity index (χ3n) is 10.8. The van der Waals surface area contributed by atoms with Crippen LogP contribution >= 0.6 is 11.3 Å². The molecule has 0 aliphatic heterocycles. The van der Waals surface area contributed by atoms with Gasteiger partial charge in [-0.15, -0.1) is 11.3 Å². The highest BCUT2D eigenvalue weighted by Gasteiger charge is 2.19. The summed E-state index contributed by atoms with van der Waals surface area (Å²) < 4.78 is 9.19. The molecule has 0 radical (unpaired) electrons. The number of hydrogen-bond donors (Lipinski definition) is 0. The Hall–Kier alpha value is -6.94. The number of benzene rings is 9. The van der Waals surface area contributed by atoms with E-state index in [1.807, 2.05) is 17.4 Å². The molecule has 258 valence electrons. The van der Waals surface area contributed by atoms with Crippen molar-refractivity contribution in [1.29, 1.82) is 0 Å². The number of fused-ring (bicyclic) bond motifs is 7. The molecule has 2 heterocycles. The summed E-state index contributed by atoms with van der Waals surface area (Å²) in [5, 5.41) is 7.29. The van der Waals surface area contributed by atoms with Crippen LogP contribution in [-0.2, 0) is 0 Å². The molecule has 2 nitrogen and oxygen atoms in total. The highest BCUT2D eigenvalue weighted by Crippen LogP contribution is 2.45. The summed E-state index contributed by atoms with van der Waals surface area (Å²) in [7, 11) is 0. The summed E-state index contributed by atoms with van der Waals surface area (Å²) >= 11 is 1.85. The van der Waals surface area contributed by atoms with Crippen molar-refractivity contribution >= 4 is 81.3 Å². The molecule has 55 heavy (non-hydrogen) atoms. The monoisotopic (exact) mass is 719 g/mol. The minimum atomic E-state index is 0.897. The van der Waals surface area contributed by atoms with E-state index in [0.29, 0.717) is 0 Å². The normalized spacial score (nSPS) is 11.6. The Labute approximate surface area is 322 Å². The Morgan fingerprint density at radius 2 is 1.02 bits per heavy atom. The third kappa shape index (κ3) is 5.48. The third-order valence-corrected chi connectivity index (χ3v) is 12.0. The van der Waals surface area contributed by atoms with Gasteiger partial charge in [-0.25, -0.2) is 0 Å². The van der Waals surface area contributed by atoms with Crippen LogP contribution in [0.15, 0.2) is 205 Å². The molecule has 0 saturated carbocycles. The standard InChI is InChI=1S/C52H33NOS/c1-2-11-34(12-3-1)39-30-40(44-17-10-18-47-45-15-6-8-19-49(45)54-52(44)47)32-43(31-39)53(42-27-28-51-48(33-42)46-16-7-9-20-50(46)55-51)41-25-23-36(24-26-41)38-22-21-35-13-4-5-14-37(35)29-38/h1-33H. The lowest BCUT2D eigenvalue weighted by atomic mass is 9.96. The number of rotatable bonds is 6. The smallest absolute Gasteiger partial charge is 0.143 e. The Bertz CT molecular complexity index is 3210. The fourth-order valence-corrected chi connectivity index (χ4v) is 9.23. The van der Waals surface area contributed by atoms with Gasteiger partial charge in [0.2, 0.25) is 0 Å². The van der Waals surface area contributed by atoms with Gasteiger partial charge in [-0.3, -0.25) is 0 Å². The van der Waals surface area contributed by atoms with Crippen LogP contribution in [0.5, 0.6) is 0 Å². The van der Waals surface area contributed by atoms with E-state index in [0.717, 1.165) is 61.3 Å². The summed E-state index contributed by atoms with van der Waals surface area (Å²) in [6, 6.07) is 72.4. The quantitative estimate of drug-likeness (QED) is 0.170. The molecule has 0 unspecified atom stereocenters. The molecule has 0 aliphatic carbocycles. The highest BCUT2D eigenvalue weighted by atomic mass is 32.1. The molecular weight excluding hydrogens is 687 g/mol. The van der Waals surface area contributed by atoms with E-state index in [1.165, 1.54) is 42.1 Å². The Kier molecular flexibility index (Phi) is 7.39. The van der Waals surface area contributed by atoms with Crippen LogP contribution in [0.4, 0.5) is 17.1 Å². The molecule has 0 aliphatic rings. The van der Waals surface area contributed by atoms with Gasteiger partial charge in [0.1, 0.15) is 11.2 Å². The maximum atomic E-state index is 6.60. The fraction of sp³-hybridized carbons (Fsp3) is 0. The SMILES string of the molecule is c1ccc(-c2cc(-c3cccc4c3oc3ccccc34)cc(N(c3ccc(-c4ccc5ccccc5c4)cc3)c3ccc4sc5ccccc5c4c3)c2)cc1. The van der Waals surface area contributed by atoms with E-state index in [9.17, 15) is 0 Å². The van der Waals surface area contributed by atoms with E-state index in [4.69, 9.17) is 4.42 Å².